The van der Waals surface area contributed by atoms with E-state index in [9.17, 15) is 0 Å². The number of rotatable bonds is 3. The minimum atomic E-state index is 0.0906. The summed E-state index contributed by atoms with van der Waals surface area (Å²) < 4.78 is 0. The van der Waals surface area contributed by atoms with Crippen LogP contribution in [0.2, 0.25) is 5.02 Å². The normalized spacial score (nSPS) is 17.6. The van der Waals surface area contributed by atoms with Crippen molar-refractivity contribution in [2.24, 2.45) is 5.92 Å². The molecular weight excluding hydrogens is 270 g/mol. The van der Waals surface area contributed by atoms with E-state index in [1.165, 1.54) is 12.8 Å². The maximum absolute atomic E-state index is 6.27. The van der Waals surface area contributed by atoms with Crippen LogP contribution < -0.4 is 10.2 Å². The number of hydrogen-bond donors (Lipinski definition) is 1. The Bertz CT molecular complexity index is 446. The molecule has 0 atom stereocenters. The third-order valence-electron chi connectivity index (χ3n) is 3.84. The van der Waals surface area contributed by atoms with Crippen molar-refractivity contribution in [2.45, 2.75) is 52.6 Å². The fraction of sp³-hybridized carbons (Fsp3) is 0.688. The number of anilines is 1. The topological polar surface area (TPSA) is 28.2 Å². The van der Waals surface area contributed by atoms with Crippen LogP contribution in [-0.4, -0.2) is 23.6 Å². The lowest BCUT2D eigenvalue weighted by Gasteiger charge is -2.31. The van der Waals surface area contributed by atoms with Crippen LogP contribution in [0, 0.1) is 5.92 Å². The molecule has 2 rings (SSSR count). The van der Waals surface area contributed by atoms with Crippen LogP contribution in [0.4, 0.5) is 5.82 Å². The molecule has 1 aliphatic heterocycles. The summed E-state index contributed by atoms with van der Waals surface area (Å²) in [7, 11) is 0. The molecule has 112 valence electrons. The van der Waals surface area contributed by atoms with E-state index < -0.39 is 0 Å². The van der Waals surface area contributed by atoms with Crippen LogP contribution in [0.25, 0.3) is 0 Å². The van der Waals surface area contributed by atoms with Gasteiger partial charge in [0.1, 0.15) is 5.82 Å². The summed E-state index contributed by atoms with van der Waals surface area (Å²) in [6.45, 7) is 11.8. The van der Waals surface area contributed by atoms with Crippen molar-refractivity contribution in [3.05, 3.63) is 22.8 Å². The van der Waals surface area contributed by atoms with Crippen LogP contribution >= 0.6 is 11.6 Å². The Balaban J connectivity index is 2.08. The van der Waals surface area contributed by atoms with E-state index in [0.717, 1.165) is 42.0 Å². The first-order valence-electron chi connectivity index (χ1n) is 7.49. The first-order valence-corrected chi connectivity index (χ1v) is 7.87. The minimum Gasteiger partial charge on any atom is -0.357 e. The summed E-state index contributed by atoms with van der Waals surface area (Å²) in [6.07, 6.45) is 4.29. The van der Waals surface area contributed by atoms with E-state index in [4.69, 9.17) is 11.6 Å². The van der Waals surface area contributed by atoms with Gasteiger partial charge >= 0.3 is 0 Å². The predicted octanol–water partition coefficient (Wildman–Crippen LogP) is 3.86. The van der Waals surface area contributed by atoms with E-state index in [1.54, 1.807) is 6.20 Å². The van der Waals surface area contributed by atoms with Gasteiger partial charge in [-0.25, -0.2) is 4.98 Å². The van der Waals surface area contributed by atoms with Crippen molar-refractivity contribution < 1.29 is 0 Å². The van der Waals surface area contributed by atoms with E-state index in [2.05, 4.69) is 49.0 Å². The Kier molecular flexibility index (Phi) is 4.92. The molecule has 0 amide bonds. The zero-order chi connectivity index (χ0) is 14.8. The lowest BCUT2D eigenvalue weighted by molar-refractivity contribution is 0.423. The van der Waals surface area contributed by atoms with Gasteiger partial charge in [0.25, 0.3) is 0 Å². The van der Waals surface area contributed by atoms with Crippen LogP contribution in [0.1, 0.15) is 46.1 Å². The van der Waals surface area contributed by atoms with E-state index >= 15 is 0 Å². The van der Waals surface area contributed by atoms with Crippen molar-refractivity contribution in [1.29, 1.82) is 0 Å². The number of aromatic nitrogens is 1. The molecule has 0 aromatic carbocycles. The van der Waals surface area contributed by atoms with Gasteiger partial charge in [-0.3, -0.25) is 0 Å². The highest BCUT2D eigenvalue weighted by molar-refractivity contribution is 6.31. The van der Waals surface area contributed by atoms with Gasteiger partial charge in [-0.05, 0) is 51.2 Å². The average Bonchev–Trinajstić information content (AvgIpc) is 2.38. The molecule has 1 aliphatic rings. The molecule has 1 N–H and O–H groups in total. The van der Waals surface area contributed by atoms with Crippen molar-refractivity contribution in [3.63, 3.8) is 0 Å². The third kappa shape index (κ3) is 4.35. The summed E-state index contributed by atoms with van der Waals surface area (Å²) in [6, 6.07) is 2.14. The highest BCUT2D eigenvalue weighted by Crippen LogP contribution is 2.25. The molecule has 0 aliphatic carbocycles. The molecule has 0 spiro atoms. The maximum atomic E-state index is 6.27. The molecule has 0 saturated carbocycles. The van der Waals surface area contributed by atoms with Crippen molar-refractivity contribution >= 4 is 17.4 Å². The second-order valence-electron chi connectivity index (χ2n) is 6.91. The molecule has 1 aromatic rings. The fourth-order valence-electron chi connectivity index (χ4n) is 2.37. The van der Waals surface area contributed by atoms with Crippen LogP contribution in [0.15, 0.2) is 12.3 Å². The highest BCUT2D eigenvalue weighted by atomic mass is 35.5. The van der Waals surface area contributed by atoms with Gasteiger partial charge in [-0.2, -0.15) is 0 Å². The van der Waals surface area contributed by atoms with Crippen LogP contribution in [0.5, 0.6) is 0 Å². The number of piperidine rings is 1. The lowest BCUT2D eigenvalue weighted by Crippen LogP contribution is -2.35. The Morgan fingerprint density at radius 3 is 2.60 bits per heavy atom. The Morgan fingerprint density at radius 1 is 1.35 bits per heavy atom. The fourth-order valence-corrected chi connectivity index (χ4v) is 2.54. The molecule has 0 unspecified atom stereocenters. The largest absolute Gasteiger partial charge is 0.357 e. The first-order chi connectivity index (χ1) is 9.35. The van der Waals surface area contributed by atoms with Crippen molar-refractivity contribution in [1.82, 2.24) is 10.3 Å². The smallest absolute Gasteiger partial charge is 0.128 e. The van der Waals surface area contributed by atoms with Crippen LogP contribution in [0.3, 0.4) is 0 Å². The summed E-state index contributed by atoms with van der Waals surface area (Å²) in [4.78, 5) is 6.87. The molecule has 1 fully saturated rings. The molecule has 0 bridgehead atoms. The Labute approximate surface area is 127 Å². The molecular formula is C16H26ClN3. The van der Waals surface area contributed by atoms with E-state index in [0.29, 0.717) is 0 Å². The number of halogens is 1. The second-order valence-corrected chi connectivity index (χ2v) is 7.31. The van der Waals surface area contributed by atoms with Gasteiger partial charge in [0.2, 0.25) is 0 Å². The maximum Gasteiger partial charge on any atom is 0.128 e. The van der Waals surface area contributed by atoms with Gasteiger partial charge in [0, 0.05) is 31.4 Å². The standard InChI is InChI=1S/C16H26ClN3/c1-12-5-7-20(8-6-12)15-9-13(14(17)11-18-15)10-19-16(2,3)4/h9,11-12,19H,5-8,10H2,1-4H3. The van der Waals surface area contributed by atoms with Gasteiger partial charge in [0.05, 0.1) is 5.02 Å². The first kappa shape index (κ1) is 15.6. The number of pyridine rings is 1. The quantitative estimate of drug-likeness (QED) is 0.918. The predicted molar refractivity (Wildman–Crippen MR) is 86.5 cm³/mol. The second kappa shape index (κ2) is 6.31. The summed E-state index contributed by atoms with van der Waals surface area (Å²) in [5.74, 6) is 1.90. The van der Waals surface area contributed by atoms with E-state index in [-0.39, 0.29) is 5.54 Å². The third-order valence-corrected chi connectivity index (χ3v) is 4.18. The van der Waals surface area contributed by atoms with Crippen molar-refractivity contribution in [3.8, 4) is 0 Å². The summed E-state index contributed by atoms with van der Waals surface area (Å²) >= 11 is 6.27. The van der Waals surface area contributed by atoms with Crippen molar-refractivity contribution in [2.75, 3.05) is 18.0 Å². The Morgan fingerprint density at radius 2 is 2.00 bits per heavy atom. The molecule has 20 heavy (non-hydrogen) atoms. The number of nitrogens with one attached hydrogen (secondary N) is 1. The van der Waals surface area contributed by atoms with Gasteiger partial charge in [-0.1, -0.05) is 18.5 Å². The molecule has 2 heterocycles. The minimum absolute atomic E-state index is 0.0906. The molecule has 1 aromatic heterocycles. The zero-order valence-corrected chi connectivity index (χ0v) is 13.8. The number of nitrogens with zero attached hydrogens (tertiary/aromatic N) is 2. The monoisotopic (exact) mass is 295 g/mol. The van der Waals surface area contributed by atoms with Gasteiger partial charge in [-0.15, -0.1) is 0 Å². The van der Waals surface area contributed by atoms with Gasteiger partial charge < -0.3 is 10.2 Å². The lowest BCUT2D eigenvalue weighted by atomic mass is 9.99. The molecule has 3 nitrogen and oxygen atoms in total. The zero-order valence-electron chi connectivity index (χ0n) is 13.0. The van der Waals surface area contributed by atoms with E-state index in [1.807, 2.05) is 0 Å². The molecule has 1 saturated heterocycles. The summed E-state index contributed by atoms with van der Waals surface area (Å²) in [5.41, 5.74) is 1.22. The average molecular weight is 296 g/mol. The Hall–Kier alpha value is -0.800. The summed E-state index contributed by atoms with van der Waals surface area (Å²) in [5, 5.41) is 4.23. The molecule has 0 radical (unpaired) electrons. The number of hydrogen-bond acceptors (Lipinski definition) is 3. The van der Waals surface area contributed by atoms with Gasteiger partial charge in [0.15, 0.2) is 0 Å². The SMILES string of the molecule is CC1CCN(c2cc(CNC(C)(C)C)c(Cl)cn2)CC1. The van der Waals surface area contributed by atoms with Crippen LogP contribution in [-0.2, 0) is 6.54 Å². The highest BCUT2D eigenvalue weighted by Gasteiger charge is 2.18. The molecule has 4 heteroatoms.